The van der Waals surface area contributed by atoms with Gasteiger partial charge in [-0.15, -0.1) is 10.2 Å². The molecule has 1 fully saturated rings. The van der Waals surface area contributed by atoms with Gasteiger partial charge in [0.25, 0.3) is 5.91 Å². The Hall–Kier alpha value is -2.22. The van der Waals surface area contributed by atoms with Crippen LogP contribution >= 0.6 is 0 Å². The number of anilines is 1. The van der Waals surface area contributed by atoms with Crippen LogP contribution in [-0.4, -0.2) is 52.4 Å². The molecule has 0 aromatic carbocycles. The average Bonchev–Trinajstić information content (AvgIpc) is 2.83. The summed E-state index contributed by atoms with van der Waals surface area (Å²) in [5, 5.41) is 19.5. The van der Waals surface area contributed by atoms with Crippen LogP contribution in [0.3, 0.4) is 0 Å². The number of nitrogens with one attached hydrogen (secondary N) is 1. The highest BCUT2D eigenvalue weighted by Crippen LogP contribution is 2.23. The highest BCUT2D eigenvalue weighted by atomic mass is 16.4. The first-order chi connectivity index (χ1) is 9.46. The minimum atomic E-state index is -1.25. The number of hydrogen-bond donors (Lipinski definition) is 3. The highest BCUT2D eigenvalue weighted by molar-refractivity contribution is 5.92. The van der Waals surface area contributed by atoms with E-state index in [1.165, 1.54) is 0 Å². The predicted molar refractivity (Wildman–Crippen MR) is 71.4 cm³/mol. The molecule has 1 saturated heterocycles. The van der Waals surface area contributed by atoms with E-state index in [-0.39, 0.29) is 18.1 Å². The van der Waals surface area contributed by atoms with Crippen LogP contribution in [0.5, 0.6) is 0 Å². The van der Waals surface area contributed by atoms with Crippen molar-refractivity contribution in [2.75, 3.05) is 24.5 Å². The molecule has 1 amide bonds. The Morgan fingerprint density at radius 3 is 2.75 bits per heavy atom. The van der Waals surface area contributed by atoms with Crippen LogP contribution in [0.25, 0.3) is 0 Å². The highest BCUT2D eigenvalue weighted by Gasteiger charge is 2.41. The summed E-state index contributed by atoms with van der Waals surface area (Å²) in [4.78, 5) is 24.4. The molecule has 0 radical (unpaired) electrons. The number of carboxylic acid groups (broad SMARTS) is 1. The molecule has 2 heterocycles. The van der Waals surface area contributed by atoms with Crippen LogP contribution in [0.15, 0.2) is 12.1 Å². The number of aliphatic carboxylic acids is 1. The van der Waals surface area contributed by atoms with Crippen LogP contribution in [0.1, 0.15) is 23.8 Å². The molecule has 2 rings (SSSR count). The summed E-state index contributed by atoms with van der Waals surface area (Å²) in [5.74, 6) is -0.787. The van der Waals surface area contributed by atoms with Crippen molar-refractivity contribution in [1.82, 2.24) is 15.5 Å². The lowest BCUT2D eigenvalue weighted by molar-refractivity contribution is -0.142. The van der Waals surface area contributed by atoms with Gasteiger partial charge in [-0.2, -0.15) is 0 Å². The third-order valence-electron chi connectivity index (χ3n) is 3.27. The number of carboxylic acids is 1. The molecule has 1 unspecified atom stereocenters. The Labute approximate surface area is 116 Å². The standard InChI is InChI=1S/C12H17N5O3/c1-2-14-10(18)8-3-4-9(16-15-8)17-6-5-12(13,7-17)11(19)20/h3-4H,2,5-7,13H2,1H3,(H,14,18)(H,19,20). The number of amides is 1. The second-order valence-corrected chi connectivity index (χ2v) is 4.77. The van der Waals surface area contributed by atoms with Crippen LogP contribution in [0.2, 0.25) is 0 Å². The molecule has 1 aromatic heterocycles. The molecule has 8 nitrogen and oxygen atoms in total. The van der Waals surface area contributed by atoms with Gasteiger partial charge in [0.15, 0.2) is 11.5 Å². The van der Waals surface area contributed by atoms with Crippen molar-refractivity contribution in [2.45, 2.75) is 18.9 Å². The van der Waals surface area contributed by atoms with Crippen LogP contribution < -0.4 is 16.0 Å². The van der Waals surface area contributed by atoms with Gasteiger partial charge in [-0.3, -0.25) is 9.59 Å². The zero-order valence-corrected chi connectivity index (χ0v) is 11.2. The van der Waals surface area contributed by atoms with Crippen molar-refractivity contribution in [1.29, 1.82) is 0 Å². The largest absolute Gasteiger partial charge is 0.480 e. The van der Waals surface area contributed by atoms with E-state index >= 15 is 0 Å². The lowest BCUT2D eigenvalue weighted by atomic mass is 10.0. The quantitative estimate of drug-likeness (QED) is 0.660. The van der Waals surface area contributed by atoms with Gasteiger partial charge < -0.3 is 21.1 Å². The minimum Gasteiger partial charge on any atom is -0.480 e. The number of carbonyl (C=O) groups excluding carboxylic acids is 1. The van der Waals surface area contributed by atoms with Gasteiger partial charge in [-0.25, -0.2) is 0 Å². The molecule has 0 spiro atoms. The SMILES string of the molecule is CCNC(=O)c1ccc(N2CCC(N)(C(=O)O)C2)nn1. The van der Waals surface area contributed by atoms with Crippen molar-refractivity contribution < 1.29 is 14.7 Å². The Bertz CT molecular complexity index is 518. The summed E-state index contributed by atoms with van der Waals surface area (Å²) in [7, 11) is 0. The van der Waals surface area contributed by atoms with E-state index < -0.39 is 11.5 Å². The van der Waals surface area contributed by atoms with Crippen molar-refractivity contribution in [3.63, 3.8) is 0 Å². The molecule has 0 bridgehead atoms. The van der Waals surface area contributed by atoms with Crippen molar-refractivity contribution >= 4 is 17.7 Å². The summed E-state index contributed by atoms with van der Waals surface area (Å²) < 4.78 is 0. The molecular weight excluding hydrogens is 262 g/mol. The Morgan fingerprint density at radius 1 is 1.50 bits per heavy atom. The first kappa shape index (κ1) is 14.2. The molecule has 1 aliphatic rings. The molecule has 0 aliphatic carbocycles. The molecule has 0 saturated carbocycles. The smallest absolute Gasteiger partial charge is 0.325 e. The lowest BCUT2D eigenvalue weighted by Crippen LogP contribution is -2.50. The molecule has 1 atom stereocenters. The summed E-state index contributed by atoms with van der Waals surface area (Å²) in [6.07, 6.45) is 0.349. The van der Waals surface area contributed by atoms with Crippen molar-refractivity contribution in [3.8, 4) is 0 Å². The maximum absolute atomic E-state index is 11.5. The fourth-order valence-electron chi connectivity index (χ4n) is 2.07. The topological polar surface area (TPSA) is 121 Å². The van der Waals surface area contributed by atoms with Crippen molar-refractivity contribution in [2.24, 2.45) is 5.73 Å². The van der Waals surface area contributed by atoms with Crippen LogP contribution in [0, 0.1) is 0 Å². The Balaban J connectivity index is 2.08. The first-order valence-electron chi connectivity index (χ1n) is 6.35. The second kappa shape index (κ2) is 5.41. The van der Waals surface area contributed by atoms with Gasteiger partial charge in [0, 0.05) is 19.6 Å². The van der Waals surface area contributed by atoms with Gasteiger partial charge in [-0.1, -0.05) is 0 Å². The van der Waals surface area contributed by atoms with E-state index in [9.17, 15) is 9.59 Å². The van der Waals surface area contributed by atoms with Gasteiger partial charge in [0.1, 0.15) is 5.54 Å². The fraction of sp³-hybridized carbons (Fsp3) is 0.500. The molecule has 8 heteroatoms. The van der Waals surface area contributed by atoms with E-state index in [0.717, 1.165) is 0 Å². The zero-order valence-electron chi connectivity index (χ0n) is 11.2. The van der Waals surface area contributed by atoms with Crippen molar-refractivity contribution in [3.05, 3.63) is 17.8 Å². The monoisotopic (exact) mass is 279 g/mol. The first-order valence-corrected chi connectivity index (χ1v) is 6.35. The zero-order chi connectivity index (χ0) is 14.8. The Kier molecular flexibility index (Phi) is 3.84. The molecule has 1 aliphatic heterocycles. The molecule has 4 N–H and O–H groups in total. The number of hydrogen-bond acceptors (Lipinski definition) is 6. The summed E-state index contributed by atoms with van der Waals surface area (Å²) in [5.41, 5.74) is 4.77. The number of aromatic nitrogens is 2. The summed E-state index contributed by atoms with van der Waals surface area (Å²) >= 11 is 0. The number of carbonyl (C=O) groups is 2. The van der Waals surface area contributed by atoms with E-state index in [1.807, 2.05) is 6.92 Å². The third-order valence-corrected chi connectivity index (χ3v) is 3.27. The lowest BCUT2D eigenvalue weighted by Gasteiger charge is -2.20. The van der Waals surface area contributed by atoms with E-state index in [4.69, 9.17) is 10.8 Å². The van der Waals surface area contributed by atoms with Crippen LogP contribution in [-0.2, 0) is 4.79 Å². The van der Waals surface area contributed by atoms with E-state index in [2.05, 4.69) is 15.5 Å². The minimum absolute atomic E-state index is 0.178. The summed E-state index contributed by atoms with van der Waals surface area (Å²) in [6.45, 7) is 3.01. The van der Waals surface area contributed by atoms with E-state index in [0.29, 0.717) is 25.3 Å². The molecule has 108 valence electrons. The number of nitrogens with zero attached hydrogens (tertiary/aromatic N) is 3. The van der Waals surface area contributed by atoms with Gasteiger partial charge in [0.2, 0.25) is 0 Å². The second-order valence-electron chi connectivity index (χ2n) is 4.77. The van der Waals surface area contributed by atoms with E-state index in [1.54, 1.807) is 17.0 Å². The average molecular weight is 279 g/mol. The Morgan fingerprint density at radius 2 is 2.25 bits per heavy atom. The maximum atomic E-state index is 11.5. The normalized spacial score (nSPS) is 21.8. The number of nitrogens with two attached hydrogens (primary N) is 1. The number of rotatable bonds is 4. The fourth-order valence-corrected chi connectivity index (χ4v) is 2.07. The van der Waals surface area contributed by atoms with Gasteiger partial charge in [0.05, 0.1) is 0 Å². The molecule has 1 aromatic rings. The third kappa shape index (κ3) is 2.69. The maximum Gasteiger partial charge on any atom is 0.325 e. The van der Waals surface area contributed by atoms with Crippen LogP contribution in [0.4, 0.5) is 5.82 Å². The van der Waals surface area contributed by atoms with Gasteiger partial charge in [-0.05, 0) is 25.5 Å². The molecular formula is C12H17N5O3. The van der Waals surface area contributed by atoms with Gasteiger partial charge >= 0.3 is 5.97 Å². The summed E-state index contributed by atoms with van der Waals surface area (Å²) in [6, 6.07) is 3.20. The predicted octanol–water partition coefficient (Wildman–Crippen LogP) is -0.781. The molecule has 20 heavy (non-hydrogen) atoms.